The summed E-state index contributed by atoms with van der Waals surface area (Å²) in [4.78, 5) is 37.2. The summed E-state index contributed by atoms with van der Waals surface area (Å²) in [6.45, 7) is 1.11. The van der Waals surface area contributed by atoms with Gasteiger partial charge in [-0.25, -0.2) is 9.59 Å². The zero-order chi connectivity index (χ0) is 25.6. The molecule has 1 fully saturated rings. The molecule has 1 aromatic rings. The molecule has 0 unspecified atom stereocenters. The topological polar surface area (TPSA) is 144 Å². The third-order valence-electron chi connectivity index (χ3n) is 6.01. The molecular weight excluding hydrogens is 461 g/mol. The van der Waals surface area contributed by atoms with Gasteiger partial charge < -0.3 is 14.6 Å². The number of esters is 2. The zero-order valence-electron chi connectivity index (χ0n) is 18.9. The Labute approximate surface area is 202 Å². The normalized spacial score (nSPS) is 18.3. The SMILES string of the molecule is [B]Cc1c(C)c(C(=O)O)c(C(=O)OC2CCC(C(=O)OCCS(=O)(=O)O)CC2)c(C[B])c1C[B]. The molecule has 0 saturated heterocycles. The van der Waals surface area contributed by atoms with Crippen molar-refractivity contribution in [3.05, 3.63) is 33.4 Å². The van der Waals surface area contributed by atoms with Crippen molar-refractivity contribution in [3.8, 4) is 0 Å². The van der Waals surface area contributed by atoms with Gasteiger partial charge in [0.05, 0.1) is 40.6 Å². The quantitative estimate of drug-likeness (QED) is 0.280. The Bertz CT molecular complexity index is 1050. The van der Waals surface area contributed by atoms with Crippen LogP contribution in [0.3, 0.4) is 0 Å². The van der Waals surface area contributed by atoms with Crippen molar-refractivity contribution in [2.45, 2.75) is 57.7 Å². The van der Waals surface area contributed by atoms with Crippen LogP contribution in [0, 0.1) is 12.8 Å². The number of rotatable bonds is 10. The number of hydrogen-bond acceptors (Lipinski definition) is 7. The molecule has 0 aromatic heterocycles. The molecule has 178 valence electrons. The molecule has 0 heterocycles. The first-order valence-corrected chi connectivity index (χ1v) is 12.4. The summed E-state index contributed by atoms with van der Waals surface area (Å²) in [5, 5.41) is 9.80. The maximum atomic E-state index is 13.1. The van der Waals surface area contributed by atoms with Gasteiger partial charge in [-0.2, -0.15) is 8.42 Å². The largest absolute Gasteiger partial charge is 0.478 e. The number of aromatic carboxylic acids is 1. The smallest absolute Gasteiger partial charge is 0.339 e. The van der Waals surface area contributed by atoms with Gasteiger partial charge >= 0.3 is 17.9 Å². The summed E-state index contributed by atoms with van der Waals surface area (Å²) in [6.07, 6.45) is 0.677. The van der Waals surface area contributed by atoms with Gasteiger partial charge in [0.15, 0.2) is 0 Å². The van der Waals surface area contributed by atoms with Crippen molar-refractivity contribution in [1.82, 2.24) is 0 Å². The van der Waals surface area contributed by atoms with Gasteiger partial charge in [0.2, 0.25) is 0 Å². The van der Waals surface area contributed by atoms with Crippen LogP contribution < -0.4 is 0 Å². The van der Waals surface area contributed by atoms with Gasteiger partial charge in [-0.05, 0) is 43.7 Å². The molecule has 0 atom stereocenters. The van der Waals surface area contributed by atoms with E-state index in [2.05, 4.69) is 0 Å². The van der Waals surface area contributed by atoms with Crippen LogP contribution in [-0.2, 0) is 43.3 Å². The third-order valence-corrected chi connectivity index (χ3v) is 6.69. The highest BCUT2D eigenvalue weighted by atomic mass is 32.2. The minimum absolute atomic E-state index is 0.0187. The average Bonchev–Trinajstić information content (AvgIpc) is 2.77. The monoisotopic (exact) mass is 486 g/mol. The Morgan fingerprint density at radius 2 is 1.50 bits per heavy atom. The molecule has 34 heavy (non-hydrogen) atoms. The summed E-state index contributed by atoms with van der Waals surface area (Å²) in [5.41, 5.74) is 1.31. The number of benzene rings is 1. The van der Waals surface area contributed by atoms with Gasteiger partial charge in [0, 0.05) is 0 Å². The lowest BCUT2D eigenvalue weighted by molar-refractivity contribution is -0.149. The standard InChI is InChI=1S/C21H25B3O9S/c1-11-14(8-22)15(9-23)16(10-24)18(17(11)19(25)26)21(28)33-13-4-2-12(3-5-13)20(27)32-6-7-34(29,30)31/h12-13H,2-10H2,1H3,(H,25,26)(H,29,30,31). The predicted molar refractivity (Wildman–Crippen MR) is 125 cm³/mol. The Kier molecular flexibility index (Phi) is 9.81. The van der Waals surface area contributed by atoms with Crippen molar-refractivity contribution >= 4 is 51.6 Å². The molecule has 1 saturated carbocycles. The van der Waals surface area contributed by atoms with Crippen LogP contribution in [0.1, 0.15) is 68.7 Å². The van der Waals surface area contributed by atoms with E-state index in [0.29, 0.717) is 42.4 Å². The predicted octanol–water partition coefficient (Wildman–Crippen LogP) is 0.845. The van der Waals surface area contributed by atoms with Crippen molar-refractivity contribution in [3.63, 3.8) is 0 Å². The molecule has 0 amide bonds. The van der Waals surface area contributed by atoms with Crippen LogP contribution in [-0.4, -0.2) is 78.0 Å². The van der Waals surface area contributed by atoms with Crippen LogP contribution >= 0.6 is 0 Å². The number of ether oxygens (including phenoxy) is 2. The first-order chi connectivity index (χ1) is 15.9. The first kappa shape index (κ1) is 28.0. The molecule has 0 bridgehead atoms. The fraction of sp³-hybridized carbons (Fsp3) is 0.571. The third kappa shape index (κ3) is 6.66. The van der Waals surface area contributed by atoms with Crippen LogP contribution in [0.25, 0.3) is 0 Å². The number of hydrogen-bond donors (Lipinski definition) is 2. The van der Waals surface area contributed by atoms with Crippen LogP contribution in [0.4, 0.5) is 0 Å². The van der Waals surface area contributed by atoms with E-state index in [1.54, 1.807) is 6.92 Å². The van der Waals surface area contributed by atoms with E-state index in [9.17, 15) is 27.9 Å². The van der Waals surface area contributed by atoms with E-state index in [0.717, 1.165) is 0 Å². The first-order valence-electron chi connectivity index (χ1n) is 10.8. The highest BCUT2D eigenvalue weighted by Crippen LogP contribution is 2.32. The lowest BCUT2D eigenvalue weighted by Gasteiger charge is -2.28. The second kappa shape index (κ2) is 11.9. The van der Waals surface area contributed by atoms with Crippen molar-refractivity contribution in [1.29, 1.82) is 0 Å². The molecule has 1 aliphatic carbocycles. The molecule has 2 rings (SSSR count). The lowest BCUT2D eigenvalue weighted by atomic mass is 9.74. The molecule has 0 aliphatic heterocycles. The van der Waals surface area contributed by atoms with Gasteiger partial charge in [-0.3, -0.25) is 9.35 Å². The number of carbonyl (C=O) groups excluding carboxylic acids is 2. The Morgan fingerprint density at radius 3 is 1.97 bits per heavy atom. The molecule has 1 aromatic carbocycles. The maximum absolute atomic E-state index is 13.1. The summed E-state index contributed by atoms with van der Waals surface area (Å²) in [5.74, 6) is -3.92. The number of carboxylic acids is 1. The number of carboxylic acid groups (broad SMARTS) is 1. The average molecular weight is 486 g/mol. The summed E-state index contributed by atoms with van der Waals surface area (Å²) < 4.78 is 40.6. The highest BCUT2D eigenvalue weighted by molar-refractivity contribution is 7.85. The maximum Gasteiger partial charge on any atom is 0.339 e. The van der Waals surface area contributed by atoms with E-state index >= 15 is 0 Å². The summed E-state index contributed by atoms with van der Waals surface area (Å²) >= 11 is 0. The van der Waals surface area contributed by atoms with Gasteiger partial charge in [0.1, 0.15) is 18.5 Å². The van der Waals surface area contributed by atoms with Gasteiger partial charge in [0.25, 0.3) is 10.1 Å². The van der Waals surface area contributed by atoms with Gasteiger partial charge in [-0.15, -0.1) is 0 Å². The van der Waals surface area contributed by atoms with Gasteiger partial charge in [-0.1, -0.05) is 30.1 Å². The Hall–Kier alpha value is -2.27. The van der Waals surface area contributed by atoms with E-state index in [-0.39, 0.29) is 35.7 Å². The summed E-state index contributed by atoms with van der Waals surface area (Å²) in [6, 6.07) is 0. The fourth-order valence-electron chi connectivity index (χ4n) is 4.28. The van der Waals surface area contributed by atoms with E-state index in [4.69, 9.17) is 37.6 Å². The molecule has 13 heteroatoms. The second-order valence-corrected chi connectivity index (χ2v) is 9.63. The fourth-order valence-corrected chi connectivity index (χ4v) is 4.58. The molecule has 6 radical (unpaired) electrons. The molecule has 0 spiro atoms. The summed E-state index contributed by atoms with van der Waals surface area (Å²) in [7, 11) is 13.3. The van der Waals surface area contributed by atoms with Crippen molar-refractivity contribution < 1.29 is 41.9 Å². The molecule has 1 aliphatic rings. The second-order valence-electron chi connectivity index (χ2n) is 8.06. The Morgan fingerprint density at radius 1 is 0.941 bits per heavy atom. The zero-order valence-corrected chi connectivity index (χ0v) is 19.7. The lowest BCUT2D eigenvalue weighted by Crippen LogP contribution is -2.30. The molecule has 9 nitrogen and oxygen atoms in total. The van der Waals surface area contributed by atoms with E-state index in [1.807, 2.05) is 0 Å². The van der Waals surface area contributed by atoms with Crippen molar-refractivity contribution in [2.75, 3.05) is 12.4 Å². The Balaban J connectivity index is 2.16. The van der Waals surface area contributed by atoms with E-state index in [1.165, 1.54) is 0 Å². The minimum Gasteiger partial charge on any atom is -0.478 e. The van der Waals surface area contributed by atoms with Crippen LogP contribution in [0.5, 0.6) is 0 Å². The minimum atomic E-state index is -4.23. The highest BCUT2D eigenvalue weighted by Gasteiger charge is 2.33. The molecular formula is C21H25B3O9S. The van der Waals surface area contributed by atoms with E-state index < -0.39 is 52.4 Å². The van der Waals surface area contributed by atoms with Crippen molar-refractivity contribution in [2.24, 2.45) is 5.92 Å². The van der Waals surface area contributed by atoms with Crippen LogP contribution in [0.2, 0.25) is 0 Å². The number of carbonyl (C=O) groups is 3. The molecule has 2 N–H and O–H groups in total. The van der Waals surface area contributed by atoms with Crippen LogP contribution in [0.15, 0.2) is 0 Å².